The lowest BCUT2D eigenvalue weighted by Crippen LogP contribution is -2.43. The van der Waals surface area contributed by atoms with Crippen molar-refractivity contribution in [2.45, 2.75) is 51.4 Å². The minimum atomic E-state index is -0.717. The topological polar surface area (TPSA) is 46.5 Å². The molecule has 1 saturated heterocycles. The van der Waals surface area contributed by atoms with E-state index >= 15 is 0 Å². The first-order chi connectivity index (χ1) is 5.82. The van der Waals surface area contributed by atoms with Gasteiger partial charge in [0, 0.05) is 12.3 Å². The third kappa shape index (κ3) is 1.76. The largest absolute Gasteiger partial charge is 0.390 e. The normalized spacial score (nSPS) is 40.2. The number of aliphatic hydroxyl groups excluding tert-OH is 1. The molecule has 1 fully saturated rings. The number of aliphatic hydroxyl groups is 1. The van der Waals surface area contributed by atoms with Gasteiger partial charge in [-0.15, -0.1) is 0 Å². The van der Waals surface area contributed by atoms with E-state index in [0.29, 0.717) is 6.42 Å². The Balaban J connectivity index is 2.86. The molecule has 1 rings (SSSR count). The number of hydrogen-bond donors (Lipinski definition) is 1. The van der Waals surface area contributed by atoms with Gasteiger partial charge >= 0.3 is 0 Å². The van der Waals surface area contributed by atoms with Crippen molar-refractivity contribution in [3.05, 3.63) is 0 Å². The summed E-state index contributed by atoms with van der Waals surface area (Å²) in [5.74, 6) is -0.274. The summed E-state index contributed by atoms with van der Waals surface area (Å²) >= 11 is 0. The molecule has 0 aromatic rings. The summed E-state index contributed by atoms with van der Waals surface area (Å²) in [7, 11) is 0. The second-order valence-corrected chi connectivity index (χ2v) is 4.69. The van der Waals surface area contributed by atoms with E-state index in [0.717, 1.165) is 6.29 Å². The van der Waals surface area contributed by atoms with E-state index in [1.807, 2.05) is 13.8 Å². The smallest absolute Gasteiger partial charge is 0.125 e. The fraction of sp³-hybridized carbons (Fsp3) is 0.900. The zero-order valence-corrected chi connectivity index (χ0v) is 8.70. The second kappa shape index (κ2) is 3.07. The van der Waals surface area contributed by atoms with Gasteiger partial charge in [-0.1, -0.05) is 6.92 Å². The standard InChI is InChI=1S/C10H18O3/c1-7(6-11)10(4)8(12)5-9(2,3)13-10/h6-8,12H,5H2,1-4H3. The van der Waals surface area contributed by atoms with Crippen molar-refractivity contribution >= 4 is 6.29 Å². The van der Waals surface area contributed by atoms with Crippen LogP contribution in [0.3, 0.4) is 0 Å². The van der Waals surface area contributed by atoms with E-state index in [1.165, 1.54) is 0 Å². The van der Waals surface area contributed by atoms with Gasteiger partial charge in [-0.3, -0.25) is 0 Å². The number of hydrogen-bond acceptors (Lipinski definition) is 3. The maximum Gasteiger partial charge on any atom is 0.125 e. The van der Waals surface area contributed by atoms with Crippen molar-refractivity contribution in [3.63, 3.8) is 0 Å². The van der Waals surface area contributed by atoms with E-state index in [9.17, 15) is 9.90 Å². The molecule has 3 unspecified atom stereocenters. The van der Waals surface area contributed by atoms with Gasteiger partial charge in [0.1, 0.15) is 11.9 Å². The van der Waals surface area contributed by atoms with Crippen molar-refractivity contribution in [2.24, 2.45) is 5.92 Å². The Morgan fingerprint density at radius 1 is 1.54 bits per heavy atom. The Labute approximate surface area is 79.1 Å². The zero-order chi connectivity index (χ0) is 10.3. The lowest BCUT2D eigenvalue weighted by molar-refractivity contribution is -0.142. The molecular formula is C10H18O3. The molecule has 76 valence electrons. The molecule has 0 radical (unpaired) electrons. The molecule has 0 amide bonds. The minimum Gasteiger partial charge on any atom is -0.390 e. The molecule has 1 aliphatic rings. The van der Waals surface area contributed by atoms with Crippen LogP contribution in [0.15, 0.2) is 0 Å². The lowest BCUT2D eigenvalue weighted by atomic mass is 9.86. The number of carbonyl (C=O) groups excluding carboxylic acids is 1. The first-order valence-electron chi connectivity index (χ1n) is 4.65. The molecule has 0 saturated carbocycles. The highest BCUT2D eigenvalue weighted by atomic mass is 16.5. The van der Waals surface area contributed by atoms with Gasteiger partial charge in [0.2, 0.25) is 0 Å². The summed E-state index contributed by atoms with van der Waals surface area (Å²) in [4.78, 5) is 10.7. The summed E-state index contributed by atoms with van der Waals surface area (Å²) in [6.07, 6.45) is 0.870. The number of carbonyl (C=O) groups is 1. The molecular weight excluding hydrogens is 168 g/mol. The number of aldehydes is 1. The Morgan fingerprint density at radius 2 is 2.08 bits per heavy atom. The summed E-state index contributed by atoms with van der Waals surface area (Å²) in [5.41, 5.74) is -1.04. The van der Waals surface area contributed by atoms with E-state index in [4.69, 9.17) is 4.74 Å². The fourth-order valence-corrected chi connectivity index (χ4v) is 1.90. The van der Waals surface area contributed by atoms with Crippen molar-refractivity contribution in [2.75, 3.05) is 0 Å². The number of ether oxygens (including phenoxy) is 1. The van der Waals surface area contributed by atoms with Crippen molar-refractivity contribution < 1.29 is 14.6 Å². The Morgan fingerprint density at radius 3 is 2.38 bits per heavy atom. The van der Waals surface area contributed by atoms with Gasteiger partial charge in [-0.05, 0) is 20.8 Å². The van der Waals surface area contributed by atoms with Gasteiger partial charge in [0.25, 0.3) is 0 Å². The molecule has 0 spiro atoms. The fourth-order valence-electron chi connectivity index (χ4n) is 1.90. The van der Waals surface area contributed by atoms with Crippen LogP contribution in [0.5, 0.6) is 0 Å². The van der Waals surface area contributed by atoms with Gasteiger partial charge in [0.15, 0.2) is 0 Å². The van der Waals surface area contributed by atoms with E-state index < -0.39 is 11.7 Å². The van der Waals surface area contributed by atoms with Crippen LogP contribution in [0.2, 0.25) is 0 Å². The first-order valence-corrected chi connectivity index (χ1v) is 4.65. The molecule has 0 bridgehead atoms. The predicted molar refractivity (Wildman–Crippen MR) is 49.4 cm³/mol. The second-order valence-electron chi connectivity index (χ2n) is 4.69. The summed E-state index contributed by atoms with van der Waals surface area (Å²) in [5, 5.41) is 9.80. The molecule has 1 N–H and O–H groups in total. The first kappa shape index (κ1) is 10.7. The highest BCUT2D eigenvalue weighted by molar-refractivity contribution is 5.55. The molecule has 3 heteroatoms. The predicted octanol–water partition coefficient (Wildman–Crippen LogP) is 1.14. The van der Waals surface area contributed by atoms with Crippen LogP contribution in [-0.2, 0) is 9.53 Å². The molecule has 0 aliphatic carbocycles. The van der Waals surface area contributed by atoms with Gasteiger partial charge in [-0.25, -0.2) is 0 Å². The zero-order valence-electron chi connectivity index (χ0n) is 8.70. The molecule has 1 heterocycles. The molecule has 1 aliphatic heterocycles. The van der Waals surface area contributed by atoms with Gasteiger partial charge in [0.05, 0.1) is 11.7 Å². The SMILES string of the molecule is CC(C=O)C1(C)OC(C)(C)CC1O. The van der Waals surface area contributed by atoms with Gasteiger partial charge < -0.3 is 14.6 Å². The molecule has 3 atom stereocenters. The average molecular weight is 186 g/mol. The average Bonchev–Trinajstić information content (AvgIpc) is 2.20. The molecule has 3 nitrogen and oxygen atoms in total. The Bertz CT molecular complexity index is 212. The molecule has 13 heavy (non-hydrogen) atoms. The van der Waals surface area contributed by atoms with E-state index in [1.54, 1.807) is 13.8 Å². The van der Waals surface area contributed by atoms with E-state index in [2.05, 4.69) is 0 Å². The van der Waals surface area contributed by atoms with Crippen LogP contribution in [0.1, 0.15) is 34.1 Å². The minimum absolute atomic E-state index is 0.274. The molecule has 0 aromatic carbocycles. The Hall–Kier alpha value is -0.410. The van der Waals surface area contributed by atoms with Crippen molar-refractivity contribution in [1.82, 2.24) is 0 Å². The van der Waals surface area contributed by atoms with Crippen molar-refractivity contribution in [3.8, 4) is 0 Å². The highest BCUT2D eigenvalue weighted by Gasteiger charge is 2.51. The highest BCUT2D eigenvalue weighted by Crippen LogP contribution is 2.41. The van der Waals surface area contributed by atoms with Gasteiger partial charge in [-0.2, -0.15) is 0 Å². The van der Waals surface area contributed by atoms with Crippen LogP contribution >= 0.6 is 0 Å². The lowest BCUT2D eigenvalue weighted by Gasteiger charge is -2.32. The van der Waals surface area contributed by atoms with Crippen LogP contribution in [0, 0.1) is 5.92 Å². The monoisotopic (exact) mass is 186 g/mol. The Kier molecular flexibility index (Phi) is 2.52. The van der Waals surface area contributed by atoms with Crippen molar-refractivity contribution in [1.29, 1.82) is 0 Å². The number of rotatable bonds is 2. The van der Waals surface area contributed by atoms with Crippen LogP contribution in [-0.4, -0.2) is 28.7 Å². The van der Waals surface area contributed by atoms with E-state index in [-0.39, 0.29) is 11.5 Å². The third-order valence-electron chi connectivity index (χ3n) is 2.95. The van der Waals surface area contributed by atoms with Crippen LogP contribution in [0.25, 0.3) is 0 Å². The molecule has 0 aromatic heterocycles. The maximum absolute atomic E-state index is 10.7. The van der Waals surface area contributed by atoms with Crippen LogP contribution < -0.4 is 0 Å². The maximum atomic E-state index is 10.7. The quantitative estimate of drug-likeness (QED) is 0.658. The van der Waals surface area contributed by atoms with Crippen LogP contribution in [0.4, 0.5) is 0 Å². The summed E-state index contributed by atoms with van der Waals surface area (Å²) in [6.45, 7) is 7.43. The third-order valence-corrected chi connectivity index (χ3v) is 2.95. The summed E-state index contributed by atoms with van der Waals surface area (Å²) < 4.78 is 5.72. The summed E-state index contributed by atoms with van der Waals surface area (Å²) in [6, 6.07) is 0.